The molecular weight excluding hydrogens is 276 g/mol. The van der Waals surface area contributed by atoms with Crippen LogP contribution in [0.3, 0.4) is 0 Å². The first-order chi connectivity index (χ1) is 9.69. The van der Waals surface area contributed by atoms with Crippen molar-refractivity contribution < 1.29 is 9.47 Å². The van der Waals surface area contributed by atoms with E-state index in [1.807, 2.05) is 6.92 Å². The van der Waals surface area contributed by atoms with Gasteiger partial charge in [0.2, 0.25) is 5.13 Å². The summed E-state index contributed by atoms with van der Waals surface area (Å²) in [5, 5.41) is 7.68. The maximum absolute atomic E-state index is 5.41. The highest BCUT2D eigenvalue weighted by Crippen LogP contribution is 2.30. The zero-order valence-electron chi connectivity index (χ0n) is 12.4. The summed E-state index contributed by atoms with van der Waals surface area (Å²) in [6.07, 6.45) is 2.18. The van der Waals surface area contributed by atoms with Gasteiger partial charge in [0.05, 0.1) is 6.61 Å². The minimum absolute atomic E-state index is 0.0615. The molecule has 2 heterocycles. The second-order valence-corrected chi connectivity index (χ2v) is 6.12. The Balaban J connectivity index is 1.93. The molecule has 0 radical (unpaired) electrons. The zero-order chi connectivity index (χ0) is 14.4. The molecule has 20 heavy (non-hydrogen) atoms. The fraction of sp³-hybridized carbons (Fsp3) is 0.846. The van der Waals surface area contributed by atoms with Gasteiger partial charge in [0.1, 0.15) is 6.10 Å². The third-order valence-electron chi connectivity index (χ3n) is 3.89. The first kappa shape index (κ1) is 15.6. The van der Waals surface area contributed by atoms with Crippen molar-refractivity contribution in [3.63, 3.8) is 0 Å². The summed E-state index contributed by atoms with van der Waals surface area (Å²) < 4.78 is 15.0. The fourth-order valence-corrected chi connectivity index (χ4v) is 3.12. The van der Waals surface area contributed by atoms with Gasteiger partial charge in [0, 0.05) is 37.7 Å². The van der Waals surface area contributed by atoms with Gasteiger partial charge in [-0.05, 0) is 32.9 Å². The van der Waals surface area contributed by atoms with Gasteiger partial charge in [-0.15, -0.1) is 0 Å². The van der Waals surface area contributed by atoms with Crippen LogP contribution in [0.15, 0.2) is 0 Å². The Morgan fingerprint density at radius 2 is 2.15 bits per heavy atom. The topological polar surface area (TPSA) is 68.3 Å². The Bertz CT molecular complexity index is 401. The summed E-state index contributed by atoms with van der Waals surface area (Å²) in [5.74, 6) is 0.742. The molecule has 1 aliphatic rings. The molecule has 7 heteroatoms. The van der Waals surface area contributed by atoms with E-state index in [0.717, 1.165) is 50.0 Å². The number of nitrogens with zero attached hydrogens (tertiary/aromatic N) is 2. The Morgan fingerprint density at radius 3 is 2.80 bits per heavy atom. The van der Waals surface area contributed by atoms with Crippen LogP contribution in [-0.2, 0) is 9.47 Å². The highest BCUT2D eigenvalue weighted by atomic mass is 32.1. The van der Waals surface area contributed by atoms with Crippen LogP contribution in [0, 0.1) is 5.41 Å². The van der Waals surface area contributed by atoms with Gasteiger partial charge >= 0.3 is 0 Å². The normalized spacial score (nSPS) is 19.8. The van der Waals surface area contributed by atoms with Gasteiger partial charge in [-0.2, -0.15) is 4.37 Å². The van der Waals surface area contributed by atoms with Crippen molar-refractivity contribution >= 4 is 16.7 Å². The molecule has 1 saturated heterocycles. The molecule has 1 aromatic rings. The van der Waals surface area contributed by atoms with Gasteiger partial charge in [0.25, 0.3) is 0 Å². The van der Waals surface area contributed by atoms with E-state index < -0.39 is 0 Å². The molecule has 114 valence electrons. The summed E-state index contributed by atoms with van der Waals surface area (Å²) in [7, 11) is 3.44. The molecule has 0 saturated carbocycles. The van der Waals surface area contributed by atoms with Crippen molar-refractivity contribution in [3.8, 4) is 0 Å². The smallest absolute Gasteiger partial charge is 0.202 e. The molecule has 2 rings (SSSR count). The van der Waals surface area contributed by atoms with E-state index in [0.29, 0.717) is 0 Å². The monoisotopic (exact) mass is 300 g/mol. The molecule has 6 nitrogen and oxygen atoms in total. The quantitative estimate of drug-likeness (QED) is 0.798. The van der Waals surface area contributed by atoms with Crippen molar-refractivity contribution in [2.24, 2.45) is 5.41 Å². The molecule has 1 aliphatic heterocycles. The Hall–Kier alpha value is -0.760. The van der Waals surface area contributed by atoms with Gasteiger partial charge in [0.15, 0.2) is 5.82 Å². The number of ether oxygens (including phenoxy) is 2. The Morgan fingerprint density at radius 1 is 1.40 bits per heavy atom. The minimum atomic E-state index is -0.0615. The molecule has 1 aromatic heterocycles. The van der Waals surface area contributed by atoms with Gasteiger partial charge in [-0.1, -0.05) is 0 Å². The lowest BCUT2D eigenvalue weighted by molar-refractivity contribution is 0.0635. The molecule has 0 spiro atoms. The molecule has 0 amide bonds. The van der Waals surface area contributed by atoms with Crippen LogP contribution in [0.1, 0.15) is 31.7 Å². The molecule has 0 aromatic carbocycles. The summed E-state index contributed by atoms with van der Waals surface area (Å²) in [6.45, 7) is 5.70. The van der Waals surface area contributed by atoms with E-state index in [1.54, 1.807) is 14.2 Å². The molecule has 0 bridgehead atoms. The van der Waals surface area contributed by atoms with Crippen molar-refractivity contribution in [1.82, 2.24) is 14.7 Å². The minimum Gasteiger partial charge on any atom is -0.384 e. The number of nitrogens with one attached hydrogen (secondary N) is 2. The van der Waals surface area contributed by atoms with Gasteiger partial charge in [-0.25, -0.2) is 4.98 Å². The van der Waals surface area contributed by atoms with E-state index in [9.17, 15) is 0 Å². The third-order valence-corrected chi connectivity index (χ3v) is 4.58. The number of hydrogen-bond acceptors (Lipinski definition) is 7. The molecule has 0 aliphatic carbocycles. The highest BCUT2D eigenvalue weighted by molar-refractivity contribution is 7.09. The second kappa shape index (κ2) is 7.31. The second-order valence-electron chi connectivity index (χ2n) is 5.37. The maximum Gasteiger partial charge on any atom is 0.202 e. The van der Waals surface area contributed by atoms with Crippen LogP contribution in [0.2, 0.25) is 0 Å². The van der Waals surface area contributed by atoms with E-state index in [4.69, 9.17) is 9.47 Å². The summed E-state index contributed by atoms with van der Waals surface area (Å²) >= 11 is 1.39. The number of aromatic nitrogens is 2. The average molecular weight is 300 g/mol. The van der Waals surface area contributed by atoms with Gasteiger partial charge in [-0.3, -0.25) is 0 Å². The lowest BCUT2D eigenvalue weighted by Crippen LogP contribution is -2.44. The predicted molar refractivity (Wildman–Crippen MR) is 80.2 cm³/mol. The number of piperidine rings is 1. The average Bonchev–Trinajstić information content (AvgIpc) is 2.95. The van der Waals surface area contributed by atoms with Crippen LogP contribution in [0.4, 0.5) is 5.13 Å². The van der Waals surface area contributed by atoms with E-state index in [2.05, 4.69) is 20.0 Å². The number of hydrogen-bond donors (Lipinski definition) is 2. The Kier molecular flexibility index (Phi) is 5.71. The van der Waals surface area contributed by atoms with Crippen molar-refractivity contribution in [2.45, 2.75) is 25.9 Å². The largest absolute Gasteiger partial charge is 0.384 e. The third kappa shape index (κ3) is 3.88. The summed E-state index contributed by atoms with van der Waals surface area (Å²) in [4.78, 5) is 4.47. The lowest BCUT2D eigenvalue weighted by atomic mass is 9.79. The highest BCUT2D eigenvalue weighted by Gasteiger charge is 2.32. The van der Waals surface area contributed by atoms with E-state index in [-0.39, 0.29) is 11.5 Å². The van der Waals surface area contributed by atoms with Crippen LogP contribution in [-0.4, -0.2) is 49.8 Å². The SMILES string of the molecule is COCC1(CNc2nc(C(C)OC)ns2)CCNCC1. The summed E-state index contributed by atoms with van der Waals surface area (Å²) in [6, 6.07) is 0. The predicted octanol–water partition coefficient (Wildman–Crippen LogP) is 1.67. The van der Waals surface area contributed by atoms with E-state index >= 15 is 0 Å². The molecule has 2 N–H and O–H groups in total. The van der Waals surface area contributed by atoms with Crippen molar-refractivity contribution in [3.05, 3.63) is 5.82 Å². The lowest BCUT2D eigenvalue weighted by Gasteiger charge is -2.37. The first-order valence-electron chi connectivity index (χ1n) is 6.99. The fourth-order valence-electron chi connectivity index (χ4n) is 2.48. The van der Waals surface area contributed by atoms with Crippen LogP contribution in [0.25, 0.3) is 0 Å². The van der Waals surface area contributed by atoms with Crippen LogP contribution < -0.4 is 10.6 Å². The number of rotatable bonds is 7. The zero-order valence-corrected chi connectivity index (χ0v) is 13.3. The first-order valence-corrected chi connectivity index (χ1v) is 7.76. The summed E-state index contributed by atoms with van der Waals surface area (Å²) in [5.41, 5.74) is 0.193. The van der Waals surface area contributed by atoms with E-state index in [1.165, 1.54) is 11.5 Å². The van der Waals surface area contributed by atoms with Crippen molar-refractivity contribution in [1.29, 1.82) is 0 Å². The van der Waals surface area contributed by atoms with Crippen LogP contribution in [0.5, 0.6) is 0 Å². The maximum atomic E-state index is 5.41. The van der Waals surface area contributed by atoms with Crippen molar-refractivity contribution in [2.75, 3.05) is 45.8 Å². The Labute approximate surface area is 124 Å². The van der Waals surface area contributed by atoms with Gasteiger partial charge < -0.3 is 20.1 Å². The molecule has 1 atom stereocenters. The van der Waals surface area contributed by atoms with Crippen LogP contribution >= 0.6 is 11.5 Å². The molecular formula is C13H24N4O2S. The standard InChI is InChI=1S/C13H24N4O2S/c1-10(19-3)11-16-12(20-17-11)15-8-13(9-18-2)4-6-14-7-5-13/h10,14H,4-9H2,1-3H3,(H,15,16,17). The number of methoxy groups -OCH3 is 2. The number of anilines is 1. The molecule has 1 unspecified atom stereocenters. The molecule has 1 fully saturated rings.